The second-order valence-electron chi connectivity index (χ2n) is 3.55. The Hall–Kier alpha value is -0.960. The molecule has 0 aliphatic heterocycles. The number of aromatic nitrogens is 2. The quantitative estimate of drug-likeness (QED) is 0.753. The summed E-state index contributed by atoms with van der Waals surface area (Å²) in [4.78, 5) is 9.05. The Labute approximate surface area is 88.0 Å². The Kier molecular flexibility index (Phi) is 2.50. The molecule has 0 spiro atoms. The summed E-state index contributed by atoms with van der Waals surface area (Å²) in [6.45, 7) is 6.26. The highest BCUT2D eigenvalue weighted by Gasteiger charge is 2.06. The van der Waals surface area contributed by atoms with Crippen molar-refractivity contribution in [3.63, 3.8) is 0 Å². The maximum atomic E-state index is 4.60. The van der Waals surface area contributed by atoms with E-state index in [2.05, 4.69) is 29.9 Å². The largest absolute Gasteiger partial charge is 0.257 e. The van der Waals surface area contributed by atoms with E-state index < -0.39 is 0 Å². The molecule has 2 heterocycles. The standard InChI is InChI=1S/C11H14N2S/c1-4-5-10-13-9-6-7(2)12-8(3)11(9)14-10/h6H,4-5H2,1-3H3. The van der Waals surface area contributed by atoms with Gasteiger partial charge in [0.05, 0.1) is 20.9 Å². The molecule has 0 radical (unpaired) electrons. The molecule has 0 N–H and O–H groups in total. The minimum atomic E-state index is 1.06. The second kappa shape index (κ2) is 3.65. The van der Waals surface area contributed by atoms with Crippen LogP contribution in [0, 0.1) is 13.8 Å². The molecule has 0 saturated carbocycles. The Morgan fingerprint density at radius 1 is 1.29 bits per heavy atom. The second-order valence-corrected chi connectivity index (χ2v) is 4.64. The molecule has 74 valence electrons. The average Bonchev–Trinajstić information content (AvgIpc) is 2.48. The highest BCUT2D eigenvalue weighted by molar-refractivity contribution is 7.18. The molecule has 0 amide bonds. The van der Waals surface area contributed by atoms with Gasteiger partial charge in [-0.25, -0.2) is 4.98 Å². The van der Waals surface area contributed by atoms with E-state index in [-0.39, 0.29) is 0 Å². The lowest BCUT2D eigenvalue weighted by atomic mass is 10.3. The summed E-state index contributed by atoms with van der Waals surface area (Å²) >= 11 is 1.78. The minimum Gasteiger partial charge on any atom is -0.257 e. The van der Waals surface area contributed by atoms with Gasteiger partial charge in [0.1, 0.15) is 0 Å². The van der Waals surface area contributed by atoms with Gasteiger partial charge in [0, 0.05) is 5.69 Å². The van der Waals surface area contributed by atoms with E-state index in [0.717, 1.165) is 29.7 Å². The summed E-state index contributed by atoms with van der Waals surface area (Å²) in [7, 11) is 0. The number of rotatable bonds is 2. The number of thiazole rings is 1. The van der Waals surface area contributed by atoms with Crippen molar-refractivity contribution in [3.8, 4) is 0 Å². The molecule has 3 heteroatoms. The van der Waals surface area contributed by atoms with Crippen molar-refractivity contribution in [1.29, 1.82) is 0 Å². The Morgan fingerprint density at radius 2 is 2.07 bits per heavy atom. The topological polar surface area (TPSA) is 25.8 Å². The van der Waals surface area contributed by atoms with Gasteiger partial charge in [-0.3, -0.25) is 4.98 Å². The number of nitrogens with zero attached hydrogens (tertiary/aromatic N) is 2. The smallest absolute Gasteiger partial charge is 0.0939 e. The maximum absolute atomic E-state index is 4.60. The zero-order valence-corrected chi connectivity index (χ0v) is 9.61. The van der Waals surface area contributed by atoms with Gasteiger partial charge < -0.3 is 0 Å². The van der Waals surface area contributed by atoms with Crippen LogP contribution in [0.3, 0.4) is 0 Å². The van der Waals surface area contributed by atoms with Gasteiger partial charge in [-0.15, -0.1) is 11.3 Å². The van der Waals surface area contributed by atoms with Crippen LogP contribution in [-0.4, -0.2) is 9.97 Å². The van der Waals surface area contributed by atoms with Crippen LogP contribution in [0.4, 0.5) is 0 Å². The predicted octanol–water partition coefficient (Wildman–Crippen LogP) is 3.26. The average molecular weight is 206 g/mol. The molecule has 0 aromatic carbocycles. The molecule has 2 nitrogen and oxygen atoms in total. The summed E-state index contributed by atoms with van der Waals surface area (Å²) in [5, 5.41) is 1.23. The number of fused-ring (bicyclic) bond motifs is 1. The number of hydrogen-bond donors (Lipinski definition) is 0. The van der Waals surface area contributed by atoms with Crippen LogP contribution in [0.1, 0.15) is 29.7 Å². The van der Waals surface area contributed by atoms with Crippen LogP contribution in [0.5, 0.6) is 0 Å². The lowest BCUT2D eigenvalue weighted by Gasteiger charge is -1.95. The first-order chi connectivity index (χ1) is 6.70. The number of hydrogen-bond acceptors (Lipinski definition) is 3. The lowest BCUT2D eigenvalue weighted by Crippen LogP contribution is -1.85. The van der Waals surface area contributed by atoms with Crippen LogP contribution < -0.4 is 0 Å². The van der Waals surface area contributed by atoms with E-state index in [0.29, 0.717) is 0 Å². The highest BCUT2D eigenvalue weighted by Crippen LogP contribution is 2.25. The Morgan fingerprint density at radius 3 is 2.79 bits per heavy atom. The normalized spacial score (nSPS) is 11.1. The molecule has 2 rings (SSSR count). The fraction of sp³-hybridized carbons (Fsp3) is 0.455. The first-order valence-corrected chi connectivity index (χ1v) is 5.76. The summed E-state index contributed by atoms with van der Waals surface area (Å²) in [6, 6.07) is 2.07. The summed E-state index contributed by atoms with van der Waals surface area (Å²) < 4.78 is 1.25. The van der Waals surface area contributed by atoms with E-state index in [1.807, 2.05) is 6.92 Å². The molecule has 14 heavy (non-hydrogen) atoms. The number of aryl methyl sites for hydroxylation is 3. The van der Waals surface area contributed by atoms with Crippen molar-refractivity contribution in [2.75, 3.05) is 0 Å². The molecule has 0 saturated heterocycles. The van der Waals surface area contributed by atoms with E-state index >= 15 is 0 Å². The van der Waals surface area contributed by atoms with Crippen molar-refractivity contribution in [3.05, 3.63) is 22.5 Å². The van der Waals surface area contributed by atoms with Gasteiger partial charge >= 0.3 is 0 Å². The molecular weight excluding hydrogens is 192 g/mol. The Balaban J connectivity index is 2.58. The van der Waals surface area contributed by atoms with Crippen LogP contribution in [0.15, 0.2) is 6.07 Å². The fourth-order valence-electron chi connectivity index (χ4n) is 1.60. The van der Waals surface area contributed by atoms with E-state index in [4.69, 9.17) is 0 Å². The third-order valence-corrected chi connectivity index (χ3v) is 3.42. The van der Waals surface area contributed by atoms with E-state index in [1.165, 1.54) is 9.71 Å². The van der Waals surface area contributed by atoms with E-state index in [9.17, 15) is 0 Å². The molecule has 0 fully saturated rings. The summed E-state index contributed by atoms with van der Waals surface area (Å²) in [6.07, 6.45) is 2.24. The lowest BCUT2D eigenvalue weighted by molar-refractivity contribution is 0.913. The third kappa shape index (κ3) is 1.64. The zero-order chi connectivity index (χ0) is 10.1. The van der Waals surface area contributed by atoms with Gasteiger partial charge in [-0.05, 0) is 32.8 Å². The molecular formula is C11H14N2S. The Bertz CT molecular complexity index is 460. The molecule has 2 aromatic rings. The molecule has 2 aromatic heterocycles. The van der Waals surface area contributed by atoms with Gasteiger partial charge in [0.15, 0.2) is 0 Å². The third-order valence-electron chi connectivity index (χ3n) is 2.18. The SMILES string of the molecule is CCCc1nc2cc(C)nc(C)c2s1. The van der Waals surface area contributed by atoms with Crippen molar-refractivity contribution in [2.24, 2.45) is 0 Å². The predicted molar refractivity (Wildman–Crippen MR) is 60.9 cm³/mol. The first kappa shape index (κ1) is 9.59. The van der Waals surface area contributed by atoms with Crippen LogP contribution in [-0.2, 0) is 6.42 Å². The van der Waals surface area contributed by atoms with Gasteiger partial charge in [0.2, 0.25) is 0 Å². The van der Waals surface area contributed by atoms with Crippen molar-refractivity contribution in [1.82, 2.24) is 9.97 Å². The van der Waals surface area contributed by atoms with E-state index in [1.54, 1.807) is 11.3 Å². The molecule has 0 atom stereocenters. The molecule has 0 aliphatic carbocycles. The highest BCUT2D eigenvalue weighted by atomic mass is 32.1. The summed E-state index contributed by atoms with van der Waals surface area (Å²) in [5.74, 6) is 0. The van der Waals surface area contributed by atoms with Gasteiger partial charge in [0.25, 0.3) is 0 Å². The van der Waals surface area contributed by atoms with Crippen LogP contribution >= 0.6 is 11.3 Å². The van der Waals surface area contributed by atoms with Gasteiger partial charge in [-0.2, -0.15) is 0 Å². The summed E-state index contributed by atoms with van der Waals surface area (Å²) in [5.41, 5.74) is 3.28. The molecule has 0 bridgehead atoms. The number of pyridine rings is 1. The van der Waals surface area contributed by atoms with Gasteiger partial charge in [-0.1, -0.05) is 6.92 Å². The van der Waals surface area contributed by atoms with Crippen molar-refractivity contribution >= 4 is 21.6 Å². The minimum absolute atomic E-state index is 1.06. The van der Waals surface area contributed by atoms with Crippen LogP contribution in [0.2, 0.25) is 0 Å². The maximum Gasteiger partial charge on any atom is 0.0939 e. The molecule has 0 unspecified atom stereocenters. The fourth-order valence-corrected chi connectivity index (χ4v) is 2.69. The monoisotopic (exact) mass is 206 g/mol. The first-order valence-electron chi connectivity index (χ1n) is 4.94. The van der Waals surface area contributed by atoms with Crippen molar-refractivity contribution in [2.45, 2.75) is 33.6 Å². The zero-order valence-electron chi connectivity index (χ0n) is 8.79. The van der Waals surface area contributed by atoms with Crippen molar-refractivity contribution < 1.29 is 0 Å². The molecule has 0 aliphatic rings. The van der Waals surface area contributed by atoms with Crippen LogP contribution in [0.25, 0.3) is 10.2 Å².